The van der Waals surface area contributed by atoms with Crippen molar-refractivity contribution in [2.24, 2.45) is 0 Å². The van der Waals surface area contributed by atoms with Crippen molar-refractivity contribution in [3.8, 4) is 0 Å². The first-order valence-electron chi connectivity index (χ1n) is 7.75. The first-order chi connectivity index (χ1) is 10.7. The highest BCUT2D eigenvalue weighted by Crippen LogP contribution is 2.19. The van der Waals surface area contributed by atoms with Gasteiger partial charge in [-0.05, 0) is 44.9 Å². The summed E-state index contributed by atoms with van der Waals surface area (Å²) in [5, 5.41) is 15.7. The zero-order valence-electron chi connectivity index (χ0n) is 13.9. The van der Waals surface area contributed by atoms with Crippen molar-refractivity contribution in [2.75, 3.05) is 6.54 Å². The van der Waals surface area contributed by atoms with Gasteiger partial charge in [-0.3, -0.25) is 9.59 Å². The average molecular weight is 324 g/mol. The lowest BCUT2D eigenvalue weighted by molar-refractivity contribution is -0.123. The second-order valence-corrected chi connectivity index (χ2v) is 6.13. The van der Waals surface area contributed by atoms with E-state index in [1.54, 1.807) is 6.92 Å². The molecule has 3 N–H and O–H groups in total. The van der Waals surface area contributed by atoms with E-state index in [1.165, 1.54) is 24.3 Å². The Morgan fingerprint density at radius 1 is 1.17 bits per heavy atom. The molecule has 5 nitrogen and oxygen atoms in total. The van der Waals surface area contributed by atoms with Gasteiger partial charge in [-0.2, -0.15) is 0 Å². The van der Waals surface area contributed by atoms with E-state index in [0.29, 0.717) is 18.4 Å². The lowest BCUT2D eigenvalue weighted by Crippen LogP contribution is -2.38. The molecule has 0 spiro atoms. The number of carbonyl (C=O) groups excluding carboxylic acids is 2. The molecule has 1 atom stereocenters. The number of halogens is 1. The zero-order chi connectivity index (χ0) is 17.5. The van der Waals surface area contributed by atoms with Gasteiger partial charge in [0.1, 0.15) is 11.4 Å². The van der Waals surface area contributed by atoms with Gasteiger partial charge < -0.3 is 15.7 Å². The van der Waals surface area contributed by atoms with Crippen molar-refractivity contribution in [3.63, 3.8) is 0 Å². The Morgan fingerprint density at radius 3 is 2.30 bits per heavy atom. The maximum absolute atomic E-state index is 12.9. The first-order valence-corrected chi connectivity index (χ1v) is 7.75. The molecule has 0 saturated heterocycles. The quantitative estimate of drug-likeness (QED) is 0.683. The van der Waals surface area contributed by atoms with Crippen molar-refractivity contribution >= 4 is 11.8 Å². The average Bonchev–Trinajstić information content (AvgIpc) is 2.45. The monoisotopic (exact) mass is 324 g/mol. The molecule has 1 rings (SSSR count). The number of hydrogen-bond donors (Lipinski definition) is 3. The van der Waals surface area contributed by atoms with Gasteiger partial charge in [0.25, 0.3) is 0 Å². The second kappa shape index (κ2) is 8.62. The summed E-state index contributed by atoms with van der Waals surface area (Å²) in [7, 11) is 0. The van der Waals surface area contributed by atoms with E-state index < -0.39 is 5.60 Å². The van der Waals surface area contributed by atoms with Crippen molar-refractivity contribution in [1.82, 2.24) is 10.6 Å². The van der Waals surface area contributed by atoms with Gasteiger partial charge in [0.15, 0.2) is 0 Å². The van der Waals surface area contributed by atoms with Gasteiger partial charge in [-0.25, -0.2) is 4.39 Å². The van der Waals surface area contributed by atoms with Crippen LogP contribution in [0.4, 0.5) is 4.39 Å². The Balaban J connectivity index is 2.34. The topological polar surface area (TPSA) is 78.4 Å². The number of hydrogen-bond acceptors (Lipinski definition) is 3. The van der Waals surface area contributed by atoms with Gasteiger partial charge in [0.05, 0.1) is 6.54 Å². The van der Waals surface area contributed by atoms with Crippen LogP contribution in [0.2, 0.25) is 0 Å². The lowest BCUT2D eigenvalue weighted by Gasteiger charge is -2.24. The number of benzene rings is 1. The van der Waals surface area contributed by atoms with E-state index in [0.717, 1.165) is 0 Å². The molecule has 0 aromatic heterocycles. The van der Waals surface area contributed by atoms with Gasteiger partial charge in [-0.15, -0.1) is 0 Å². The first kappa shape index (κ1) is 19.1. The van der Waals surface area contributed by atoms with Crippen molar-refractivity contribution < 1.29 is 19.1 Å². The van der Waals surface area contributed by atoms with E-state index >= 15 is 0 Å². The summed E-state index contributed by atoms with van der Waals surface area (Å²) >= 11 is 0. The molecule has 0 bridgehead atoms. The maximum Gasteiger partial charge on any atom is 0.220 e. The van der Waals surface area contributed by atoms with Crippen LogP contribution in [0.3, 0.4) is 0 Å². The number of carbonyl (C=O) groups is 2. The van der Waals surface area contributed by atoms with Crippen LogP contribution < -0.4 is 10.6 Å². The summed E-state index contributed by atoms with van der Waals surface area (Å²) in [6, 6.07) is 5.58. The minimum atomic E-state index is -1.28. The summed E-state index contributed by atoms with van der Waals surface area (Å²) in [6.45, 7) is 5.33. The molecule has 1 aromatic carbocycles. The minimum absolute atomic E-state index is 0.0235. The Morgan fingerprint density at radius 2 is 1.74 bits per heavy atom. The highest BCUT2D eigenvalue weighted by molar-refractivity contribution is 5.79. The van der Waals surface area contributed by atoms with Crippen LogP contribution in [-0.4, -0.2) is 29.5 Å². The number of amides is 2. The molecule has 0 heterocycles. The molecule has 23 heavy (non-hydrogen) atoms. The van der Waals surface area contributed by atoms with E-state index in [2.05, 4.69) is 10.6 Å². The minimum Gasteiger partial charge on any atom is -0.384 e. The van der Waals surface area contributed by atoms with E-state index in [-0.39, 0.29) is 36.6 Å². The fourth-order valence-electron chi connectivity index (χ4n) is 2.07. The van der Waals surface area contributed by atoms with E-state index in [1.807, 2.05) is 13.8 Å². The number of aliphatic hydroxyl groups is 1. The SMILES string of the molecule is CC(C)NC(=O)CCCC(=O)NCC(C)(O)c1ccc(F)cc1. The van der Waals surface area contributed by atoms with Gasteiger partial charge in [0, 0.05) is 18.9 Å². The molecule has 0 aliphatic rings. The van der Waals surface area contributed by atoms with E-state index in [4.69, 9.17) is 0 Å². The predicted molar refractivity (Wildman–Crippen MR) is 86.1 cm³/mol. The highest BCUT2D eigenvalue weighted by Gasteiger charge is 2.23. The molecule has 1 unspecified atom stereocenters. The Bertz CT molecular complexity index is 527. The molecular formula is C17H25FN2O3. The van der Waals surface area contributed by atoms with Crippen LogP contribution in [0.15, 0.2) is 24.3 Å². The number of nitrogens with one attached hydrogen (secondary N) is 2. The smallest absolute Gasteiger partial charge is 0.220 e. The molecule has 0 fully saturated rings. The van der Waals surface area contributed by atoms with Crippen LogP contribution in [0, 0.1) is 5.82 Å². The van der Waals surface area contributed by atoms with Gasteiger partial charge in [-0.1, -0.05) is 12.1 Å². The van der Waals surface area contributed by atoms with Crippen molar-refractivity contribution in [2.45, 2.75) is 51.7 Å². The Labute approximate surface area is 136 Å². The van der Waals surface area contributed by atoms with Crippen LogP contribution in [0.1, 0.15) is 45.6 Å². The molecular weight excluding hydrogens is 299 g/mol. The molecule has 6 heteroatoms. The highest BCUT2D eigenvalue weighted by atomic mass is 19.1. The summed E-state index contributed by atoms with van der Waals surface area (Å²) < 4.78 is 12.9. The Kier molecular flexibility index (Phi) is 7.16. The van der Waals surface area contributed by atoms with Crippen molar-refractivity contribution in [1.29, 1.82) is 0 Å². The van der Waals surface area contributed by atoms with Crippen LogP contribution in [0.5, 0.6) is 0 Å². The Hall–Kier alpha value is -1.95. The maximum atomic E-state index is 12.9. The third-order valence-electron chi connectivity index (χ3n) is 3.35. The summed E-state index contributed by atoms with van der Waals surface area (Å²) in [4.78, 5) is 23.2. The molecule has 0 aliphatic carbocycles. The fourth-order valence-corrected chi connectivity index (χ4v) is 2.07. The third kappa shape index (κ3) is 7.23. The zero-order valence-corrected chi connectivity index (χ0v) is 13.9. The normalized spacial score (nSPS) is 13.5. The number of rotatable bonds is 8. The molecule has 1 aromatic rings. The standard InChI is InChI=1S/C17H25FN2O3/c1-12(2)20-16(22)6-4-5-15(21)19-11-17(3,23)13-7-9-14(18)10-8-13/h7-10,12,23H,4-6,11H2,1-3H3,(H,19,21)(H,20,22). The van der Waals surface area contributed by atoms with Crippen LogP contribution in [-0.2, 0) is 15.2 Å². The summed E-state index contributed by atoms with van der Waals surface area (Å²) in [5.41, 5.74) is -0.756. The van der Waals surface area contributed by atoms with Crippen LogP contribution >= 0.6 is 0 Å². The second-order valence-electron chi connectivity index (χ2n) is 6.13. The largest absolute Gasteiger partial charge is 0.384 e. The van der Waals surface area contributed by atoms with Crippen LogP contribution in [0.25, 0.3) is 0 Å². The van der Waals surface area contributed by atoms with Crippen molar-refractivity contribution in [3.05, 3.63) is 35.6 Å². The van der Waals surface area contributed by atoms with E-state index in [9.17, 15) is 19.1 Å². The molecule has 0 radical (unpaired) electrons. The summed E-state index contributed by atoms with van der Waals surface area (Å²) in [6.07, 6.45) is 0.952. The molecule has 0 aliphatic heterocycles. The molecule has 2 amide bonds. The lowest BCUT2D eigenvalue weighted by atomic mass is 9.96. The van der Waals surface area contributed by atoms with Gasteiger partial charge in [0.2, 0.25) is 11.8 Å². The molecule has 128 valence electrons. The predicted octanol–water partition coefficient (Wildman–Crippen LogP) is 1.84. The fraction of sp³-hybridized carbons (Fsp3) is 0.529. The molecule has 0 saturated carbocycles. The third-order valence-corrected chi connectivity index (χ3v) is 3.35. The van der Waals surface area contributed by atoms with Gasteiger partial charge >= 0.3 is 0 Å². The summed E-state index contributed by atoms with van der Waals surface area (Å²) in [5.74, 6) is -0.691.